The van der Waals surface area contributed by atoms with Crippen LogP contribution in [-0.2, 0) is 19.6 Å². The minimum atomic E-state index is -4.58. The van der Waals surface area contributed by atoms with Crippen molar-refractivity contribution >= 4 is 29.1 Å². The molecular formula is C24H21Cl2F3N2O3. The van der Waals surface area contributed by atoms with Crippen LogP contribution < -0.4 is 10.9 Å². The molecule has 34 heavy (non-hydrogen) atoms. The van der Waals surface area contributed by atoms with Crippen LogP contribution >= 0.6 is 23.2 Å². The second-order valence-corrected chi connectivity index (χ2v) is 8.66. The van der Waals surface area contributed by atoms with E-state index in [1.54, 1.807) is 12.1 Å². The van der Waals surface area contributed by atoms with Gasteiger partial charge in [0.1, 0.15) is 0 Å². The van der Waals surface area contributed by atoms with E-state index in [1.165, 1.54) is 26.1 Å². The number of hydrogen-bond acceptors (Lipinski definition) is 3. The number of nitrogens with zero attached hydrogens (tertiary/aromatic N) is 1. The summed E-state index contributed by atoms with van der Waals surface area (Å²) < 4.78 is 40.8. The lowest BCUT2D eigenvalue weighted by Crippen LogP contribution is -2.28. The van der Waals surface area contributed by atoms with Crippen molar-refractivity contribution in [1.82, 2.24) is 9.88 Å². The van der Waals surface area contributed by atoms with Gasteiger partial charge in [0.2, 0.25) is 0 Å². The third kappa shape index (κ3) is 5.74. The summed E-state index contributed by atoms with van der Waals surface area (Å²) in [7, 11) is 1.31. The van der Waals surface area contributed by atoms with E-state index in [0.29, 0.717) is 28.5 Å². The molecule has 2 N–H and O–H groups in total. The number of carbonyl (C=O) groups is 1. The highest BCUT2D eigenvalue weighted by Gasteiger charge is 2.31. The number of aryl methyl sites for hydroxylation is 2. The predicted octanol–water partition coefficient (Wildman–Crippen LogP) is 5.75. The van der Waals surface area contributed by atoms with Crippen molar-refractivity contribution in [2.24, 2.45) is 7.05 Å². The average Bonchev–Trinajstić information content (AvgIpc) is 2.76. The third-order valence-corrected chi connectivity index (χ3v) is 6.00. The van der Waals surface area contributed by atoms with E-state index in [1.807, 2.05) is 6.07 Å². The number of nitrogens with one attached hydrogen (secondary N) is 1. The molecule has 0 saturated carbocycles. The molecule has 0 aliphatic rings. The van der Waals surface area contributed by atoms with Gasteiger partial charge in [0, 0.05) is 13.6 Å². The Balaban J connectivity index is 1.83. The van der Waals surface area contributed by atoms with E-state index in [4.69, 9.17) is 23.2 Å². The van der Waals surface area contributed by atoms with Crippen molar-refractivity contribution in [2.75, 3.05) is 6.54 Å². The number of carbonyl (C=O) groups excluding carboxylic acids is 1. The smallest absolute Gasteiger partial charge is 0.416 e. The number of aromatic hydroxyl groups is 1. The minimum absolute atomic E-state index is 0.0676. The van der Waals surface area contributed by atoms with Crippen molar-refractivity contribution < 1.29 is 23.1 Å². The lowest BCUT2D eigenvalue weighted by atomic mass is 10.0. The van der Waals surface area contributed by atoms with Gasteiger partial charge in [0.15, 0.2) is 5.75 Å². The normalized spacial score (nSPS) is 11.5. The summed E-state index contributed by atoms with van der Waals surface area (Å²) in [5, 5.41) is 13.7. The van der Waals surface area contributed by atoms with Crippen LogP contribution in [-0.4, -0.2) is 22.1 Å². The maximum Gasteiger partial charge on any atom is 0.416 e. The summed E-state index contributed by atoms with van der Waals surface area (Å²) in [5.74, 6) is -1.49. The zero-order chi connectivity index (χ0) is 25.2. The Morgan fingerprint density at radius 3 is 2.44 bits per heavy atom. The van der Waals surface area contributed by atoms with Gasteiger partial charge in [-0.05, 0) is 72.9 Å². The molecule has 1 heterocycles. The highest BCUT2D eigenvalue weighted by molar-refractivity contribution is 6.42. The summed E-state index contributed by atoms with van der Waals surface area (Å²) >= 11 is 11.9. The molecular weight excluding hydrogens is 492 g/mol. The van der Waals surface area contributed by atoms with E-state index in [2.05, 4.69) is 5.32 Å². The van der Waals surface area contributed by atoms with Crippen molar-refractivity contribution in [1.29, 1.82) is 0 Å². The Bertz CT molecular complexity index is 1300. The molecule has 0 fully saturated rings. The molecule has 10 heteroatoms. The molecule has 1 amide bonds. The molecule has 0 atom stereocenters. The Hall–Kier alpha value is -2.97. The summed E-state index contributed by atoms with van der Waals surface area (Å²) in [6.45, 7) is 1.73. The predicted molar refractivity (Wildman–Crippen MR) is 126 cm³/mol. The molecule has 2 aromatic carbocycles. The topological polar surface area (TPSA) is 71.3 Å². The molecule has 3 aromatic rings. The number of hydrogen-bond donors (Lipinski definition) is 2. The number of pyridine rings is 1. The van der Waals surface area contributed by atoms with E-state index >= 15 is 0 Å². The molecule has 0 aliphatic heterocycles. The molecule has 0 unspecified atom stereocenters. The highest BCUT2D eigenvalue weighted by atomic mass is 35.5. The summed E-state index contributed by atoms with van der Waals surface area (Å²) in [6.07, 6.45) is -3.45. The Morgan fingerprint density at radius 2 is 1.79 bits per heavy atom. The lowest BCUT2D eigenvalue weighted by molar-refractivity contribution is -0.137. The van der Waals surface area contributed by atoms with Gasteiger partial charge in [-0.2, -0.15) is 13.2 Å². The summed E-state index contributed by atoms with van der Waals surface area (Å²) in [4.78, 5) is 25.2. The van der Waals surface area contributed by atoms with Crippen molar-refractivity contribution in [3.05, 3.63) is 85.1 Å². The quantitative estimate of drug-likeness (QED) is 0.412. The molecule has 0 aliphatic carbocycles. The number of aromatic nitrogens is 1. The maximum absolute atomic E-state index is 13.3. The lowest BCUT2D eigenvalue weighted by Gasteiger charge is -2.15. The van der Waals surface area contributed by atoms with Crippen LogP contribution in [0.15, 0.2) is 47.3 Å². The Morgan fingerprint density at radius 1 is 1.09 bits per heavy atom. The number of halogens is 5. The zero-order valence-electron chi connectivity index (χ0n) is 18.3. The van der Waals surface area contributed by atoms with Crippen LogP contribution in [0.2, 0.25) is 10.0 Å². The Labute approximate surface area is 203 Å². The van der Waals surface area contributed by atoms with E-state index < -0.39 is 29.0 Å². The standard InChI is InChI=1S/C24H21Cl2F3N2O3/c1-13-8-15(11-16(9-13)24(27,28)29)20-12-17(21(32)23(34)31(20)2)22(33)30-7-3-4-14-5-6-18(25)19(26)10-14/h5-6,8-12,32H,3-4,7H2,1-2H3,(H,30,33). The number of alkyl halides is 3. The van der Waals surface area contributed by atoms with Gasteiger partial charge in [0.05, 0.1) is 26.9 Å². The van der Waals surface area contributed by atoms with E-state index in [0.717, 1.165) is 22.3 Å². The second-order valence-electron chi connectivity index (χ2n) is 7.85. The average molecular weight is 513 g/mol. The number of rotatable bonds is 6. The monoisotopic (exact) mass is 512 g/mol. The highest BCUT2D eigenvalue weighted by Crippen LogP contribution is 2.33. The molecule has 0 bridgehead atoms. The molecule has 5 nitrogen and oxygen atoms in total. The first-order valence-electron chi connectivity index (χ1n) is 10.2. The van der Waals surface area contributed by atoms with Gasteiger partial charge in [-0.25, -0.2) is 0 Å². The first-order chi connectivity index (χ1) is 15.9. The molecule has 180 valence electrons. The molecule has 3 rings (SSSR count). The second kappa shape index (κ2) is 10.1. The molecule has 0 radical (unpaired) electrons. The number of amides is 1. The van der Waals surface area contributed by atoms with Crippen LogP contribution in [0.25, 0.3) is 11.3 Å². The van der Waals surface area contributed by atoms with Crippen LogP contribution in [0.4, 0.5) is 13.2 Å². The van der Waals surface area contributed by atoms with Gasteiger partial charge >= 0.3 is 6.18 Å². The maximum atomic E-state index is 13.3. The minimum Gasteiger partial charge on any atom is -0.502 e. The fourth-order valence-corrected chi connectivity index (χ4v) is 3.84. The van der Waals surface area contributed by atoms with Gasteiger partial charge in [0.25, 0.3) is 11.5 Å². The van der Waals surface area contributed by atoms with Gasteiger partial charge in [-0.3, -0.25) is 9.59 Å². The van der Waals surface area contributed by atoms with Gasteiger partial charge < -0.3 is 15.0 Å². The third-order valence-electron chi connectivity index (χ3n) is 5.26. The first kappa shape index (κ1) is 25.6. The van der Waals surface area contributed by atoms with Crippen LogP contribution in [0.1, 0.15) is 33.5 Å². The summed E-state index contributed by atoms with van der Waals surface area (Å²) in [5.41, 5.74) is -0.674. The van der Waals surface area contributed by atoms with Crippen LogP contribution in [0, 0.1) is 6.92 Å². The zero-order valence-corrected chi connectivity index (χ0v) is 19.8. The van der Waals surface area contributed by atoms with Crippen molar-refractivity contribution in [3.63, 3.8) is 0 Å². The molecule has 0 spiro atoms. The van der Waals surface area contributed by atoms with Gasteiger partial charge in [-0.1, -0.05) is 29.3 Å². The molecule has 0 saturated heterocycles. The fourth-order valence-electron chi connectivity index (χ4n) is 3.51. The van der Waals surface area contributed by atoms with Crippen molar-refractivity contribution in [3.8, 4) is 17.0 Å². The summed E-state index contributed by atoms with van der Waals surface area (Å²) in [6, 6.07) is 9.78. The number of benzene rings is 2. The van der Waals surface area contributed by atoms with Crippen molar-refractivity contribution in [2.45, 2.75) is 25.9 Å². The Kier molecular flexibility index (Phi) is 7.63. The van der Waals surface area contributed by atoms with E-state index in [-0.39, 0.29) is 23.4 Å². The first-order valence-corrected chi connectivity index (χ1v) is 11.0. The molecule has 1 aromatic heterocycles. The van der Waals surface area contributed by atoms with Crippen LogP contribution in [0.3, 0.4) is 0 Å². The van der Waals surface area contributed by atoms with E-state index in [9.17, 15) is 27.9 Å². The fraction of sp³-hybridized carbons (Fsp3) is 0.250. The largest absolute Gasteiger partial charge is 0.502 e. The van der Waals surface area contributed by atoms with Crippen LogP contribution in [0.5, 0.6) is 5.75 Å². The SMILES string of the molecule is Cc1cc(-c2cc(C(=O)NCCCc3ccc(Cl)c(Cl)c3)c(O)c(=O)n2C)cc(C(F)(F)F)c1. The van der Waals surface area contributed by atoms with Gasteiger partial charge in [-0.15, -0.1) is 0 Å².